The molecule has 4 fully saturated rings. The third kappa shape index (κ3) is 5.28. The molecule has 4 heterocycles. The number of nitrogens with zero attached hydrogens (tertiary/aromatic N) is 4. The highest BCUT2D eigenvalue weighted by Crippen LogP contribution is 2.18. The number of piperazine rings is 3. The van der Waals surface area contributed by atoms with Gasteiger partial charge in [0, 0.05) is 84.3 Å². The molecule has 1 aromatic carbocycles. The highest BCUT2D eigenvalue weighted by Gasteiger charge is 2.32. The molecule has 158 valence electrons. The quantitative estimate of drug-likeness (QED) is 0.509. The molecule has 0 aromatic heterocycles. The first-order chi connectivity index (χ1) is 14.2. The molecule has 4 saturated heterocycles. The van der Waals surface area contributed by atoms with Gasteiger partial charge in [-0.25, -0.2) is 0 Å². The first-order valence-corrected chi connectivity index (χ1v) is 10.9. The number of benzene rings is 1. The summed E-state index contributed by atoms with van der Waals surface area (Å²) >= 11 is 0. The fourth-order valence-corrected chi connectivity index (χ4v) is 4.71. The molecule has 5 rings (SSSR count). The summed E-state index contributed by atoms with van der Waals surface area (Å²) in [6, 6.07) is 11.0. The second kappa shape index (κ2) is 9.59. The Labute approximate surface area is 174 Å². The van der Waals surface area contributed by atoms with Crippen LogP contribution < -0.4 is 10.6 Å². The lowest BCUT2D eigenvalue weighted by molar-refractivity contribution is -0.127. The summed E-state index contributed by atoms with van der Waals surface area (Å²) in [6.07, 6.45) is 1.55. The average molecular weight is 399 g/mol. The predicted octanol–water partition coefficient (Wildman–Crippen LogP) is 0.242. The summed E-state index contributed by atoms with van der Waals surface area (Å²) in [5, 5.41) is 6.93. The minimum atomic E-state index is 0.274. The van der Waals surface area contributed by atoms with Crippen molar-refractivity contribution in [2.24, 2.45) is 10.9 Å². The number of hydrogen-bond donors (Lipinski definition) is 2. The van der Waals surface area contributed by atoms with Crippen molar-refractivity contribution in [2.45, 2.75) is 18.9 Å². The average Bonchev–Trinajstić information content (AvgIpc) is 3.13. The molecule has 4 aliphatic rings. The van der Waals surface area contributed by atoms with Crippen molar-refractivity contribution in [3.05, 3.63) is 35.9 Å². The van der Waals surface area contributed by atoms with Gasteiger partial charge in [0.05, 0.1) is 0 Å². The molecule has 29 heavy (non-hydrogen) atoms. The number of nitrogens with one attached hydrogen (secondary N) is 2. The topological polar surface area (TPSA) is 63.2 Å². The number of hydrogen-bond acceptors (Lipinski definition) is 4. The number of fused-ring (bicyclic) bond motifs is 3. The number of guanidine groups is 1. The van der Waals surface area contributed by atoms with E-state index in [1.54, 1.807) is 0 Å². The molecular formula is C22H34N6O. The molecule has 0 saturated carbocycles. The van der Waals surface area contributed by atoms with Crippen LogP contribution in [0, 0.1) is 5.92 Å². The molecule has 0 aliphatic carbocycles. The number of likely N-dealkylation sites (tertiary alicyclic amines) is 1. The Kier molecular flexibility index (Phi) is 6.67. The van der Waals surface area contributed by atoms with Crippen molar-refractivity contribution in [3.8, 4) is 0 Å². The van der Waals surface area contributed by atoms with E-state index in [2.05, 4.69) is 49.7 Å². The minimum absolute atomic E-state index is 0.274. The molecule has 4 aliphatic heterocycles. The Bertz CT molecular complexity index is 701. The van der Waals surface area contributed by atoms with Crippen molar-refractivity contribution in [1.29, 1.82) is 0 Å². The summed E-state index contributed by atoms with van der Waals surface area (Å²) in [6.45, 7) is 9.28. The first kappa shape index (κ1) is 20.2. The van der Waals surface area contributed by atoms with Crippen LogP contribution in [0.5, 0.6) is 0 Å². The van der Waals surface area contributed by atoms with Crippen LogP contribution in [0.2, 0.25) is 0 Å². The Balaban J connectivity index is 1.17. The number of carbonyl (C=O) groups is 1. The van der Waals surface area contributed by atoms with Crippen molar-refractivity contribution < 1.29 is 4.79 Å². The van der Waals surface area contributed by atoms with Gasteiger partial charge in [0.2, 0.25) is 5.91 Å². The van der Waals surface area contributed by atoms with E-state index in [-0.39, 0.29) is 5.91 Å². The first-order valence-electron chi connectivity index (χ1n) is 10.9. The fraction of sp³-hybridized carbons (Fsp3) is 0.636. The molecule has 0 radical (unpaired) electrons. The zero-order valence-corrected chi connectivity index (χ0v) is 17.5. The molecule has 2 bridgehead atoms. The summed E-state index contributed by atoms with van der Waals surface area (Å²) in [4.78, 5) is 23.9. The van der Waals surface area contributed by atoms with Gasteiger partial charge in [0.1, 0.15) is 0 Å². The number of carbonyl (C=O) groups excluding carboxylic acids is 1. The Morgan fingerprint density at radius 2 is 1.83 bits per heavy atom. The zero-order valence-electron chi connectivity index (χ0n) is 17.5. The lowest BCUT2D eigenvalue weighted by Gasteiger charge is -2.47. The van der Waals surface area contributed by atoms with Crippen LogP contribution in [-0.2, 0) is 11.2 Å². The molecular weight excluding hydrogens is 364 g/mol. The van der Waals surface area contributed by atoms with Crippen LogP contribution in [0.3, 0.4) is 0 Å². The number of amides is 1. The van der Waals surface area contributed by atoms with Crippen LogP contribution in [0.15, 0.2) is 35.3 Å². The Morgan fingerprint density at radius 3 is 2.52 bits per heavy atom. The van der Waals surface area contributed by atoms with E-state index in [0.29, 0.717) is 18.4 Å². The highest BCUT2D eigenvalue weighted by molar-refractivity contribution is 5.80. The molecule has 1 aromatic rings. The van der Waals surface area contributed by atoms with E-state index in [1.165, 1.54) is 31.7 Å². The second-order valence-corrected chi connectivity index (χ2v) is 8.47. The van der Waals surface area contributed by atoms with Crippen LogP contribution in [0.4, 0.5) is 0 Å². The van der Waals surface area contributed by atoms with Gasteiger partial charge in [-0.05, 0) is 12.0 Å². The molecule has 2 N–H and O–H groups in total. The Morgan fingerprint density at radius 1 is 1.07 bits per heavy atom. The standard InChI is InChI=1S/C22H34N6O/c1-23-22(25-15-20-17-26-9-11-27(20)12-10-26)24-14-19-13-21(29)28(16-19)8-7-18-5-3-2-4-6-18/h2-6,19-20H,7-17H2,1H3,(H2,23,24,25). The van der Waals surface area contributed by atoms with Gasteiger partial charge < -0.3 is 15.5 Å². The number of rotatable bonds is 7. The largest absolute Gasteiger partial charge is 0.356 e. The van der Waals surface area contributed by atoms with Gasteiger partial charge in [-0.1, -0.05) is 30.3 Å². The van der Waals surface area contributed by atoms with Crippen LogP contribution in [0.1, 0.15) is 12.0 Å². The molecule has 7 heteroatoms. The maximum Gasteiger partial charge on any atom is 0.223 e. The van der Waals surface area contributed by atoms with E-state index in [4.69, 9.17) is 0 Å². The van der Waals surface area contributed by atoms with Gasteiger partial charge in [0.25, 0.3) is 0 Å². The lowest BCUT2D eigenvalue weighted by atomic mass is 10.1. The van der Waals surface area contributed by atoms with Gasteiger partial charge in [-0.2, -0.15) is 0 Å². The molecule has 2 unspecified atom stereocenters. The van der Waals surface area contributed by atoms with E-state index >= 15 is 0 Å². The van der Waals surface area contributed by atoms with E-state index in [9.17, 15) is 4.79 Å². The molecule has 7 nitrogen and oxygen atoms in total. The zero-order chi connectivity index (χ0) is 20.1. The normalized spacial score (nSPS) is 29.3. The van der Waals surface area contributed by atoms with Crippen molar-refractivity contribution in [3.63, 3.8) is 0 Å². The summed E-state index contributed by atoms with van der Waals surface area (Å²) in [5.41, 5.74) is 1.29. The summed E-state index contributed by atoms with van der Waals surface area (Å²) < 4.78 is 0. The number of aliphatic imine (C=N–C) groups is 1. The van der Waals surface area contributed by atoms with E-state index in [0.717, 1.165) is 45.1 Å². The highest BCUT2D eigenvalue weighted by atomic mass is 16.2. The Hall–Kier alpha value is -2.12. The molecule has 1 amide bonds. The van der Waals surface area contributed by atoms with Crippen LogP contribution in [0.25, 0.3) is 0 Å². The van der Waals surface area contributed by atoms with Crippen molar-refractivity contribution in [1.82, 2.24) is 25.3 Å². The third-order valence-electron chi connectivity index (χ3n) is 6.49. The van der Waals surface area contributed by atoms with Gasteiger partial charge >= 0.3 is 0 Å². The fourth-order valence-electron chi connectivity index (χ4n) is 4.71. The summed E-state index contributed by atoms with van der Waals surface area (Å²) in [7, 11) is 1.82. The monoisotopic (exact) mass is 398 g/mol. The smallest absolute Gasteiger partial charge is 0.223 e. The van der Waals surface area contributed by atoms with E-state index < -0.39 is 0 Å². The van der Waals surface area contributed by atoms with Crippen molar-refractivity contribution in [2.75, 3.05) is 66.0 Å². The maximum absolute atomic E-state index is 12.4. The maximum atomic E-state index is 12.4. The molecule has 2 atom stereocenters. The van der Waals surface area contributed by atoms with Gasteiger partial charge in [-0.3, -0.25) is 19.6 Å². The predicted molar refractivity (Wildman–Crippen MR) is 116 cm³/mol. The second-order valence-electron chi connectivity index (χ2n) is 8.47. The SMILES string of the molecule is CN=C(NCC1CC(=O)N(CCc2ccccc2)C1)NCC1CN2CCN1CC2. The summed E-state index contributed by atoms with van der Waals surface area (Å²) in [5.74, 6) is 1.46. The third-order valence-corrected chi connectivity index (χ3v) is 6.49. The van der Waals surface area contributed by atoms with Gasteiger partial charge in [0.15, 0.2) is 5.96 Å². The molecule has 0 spiro atoms. The van der Waals surface area contributed by atoms with Crippen LogP contribution >= 0.6 is 0 Å². The van der Waals surface area contributed by atoms with E-state index in [1.807, 2.05) is 18.0 Å². The van der Waals surface area contributed by atoms with Crippen LogP contribution in [-0.4, -0.2) is 98.6 Å². The van der Waals surface area contributed by atoms with Crippen molar-refractivity contribution >= 4 is 11.9 Å². The van der Waals surface area contributed by atoms with Gasteiger partial charge in [-0.15, -0.1) is 0 Å². The minimum Gasteiger partial charge on any atom is -0.356 e. The lowest BCUT2D eigenvalue weighted by Crippen LogP contribution is -2.63.